The standard InChI is InChI=1S/C8H14N4OS/c1-4-12(3)7(13)6(2)11-8-9-5-10-14-8/h5-6H,4H2,1-3H3,(H,9,10,11). The molecule has 0 fully saturated rings. The van der Waals surface area contributed by atoms with Crippen LogP contribution in [0.25, 0.3) is 0 Å². The fourth-order valence-electron chi connectivity index (χ4n) is 0.970. The number of hydrogen-bond donors (Lipinski definition) is 1. The number of nitrogens with zero attached hydrogens (tertiary/aromatic N) is 3. The molecular formula is C8H14N4OS. The van der Waals surface area contributed by atoms with E-state index >= 15 is 0 Å². The molecule has 0 radical (unpaired) electrons. The van der Waals surface area contributed by atoms with Gasteiger partial charge >= 0.3 is 0 Å². The second kappa shape index (κ2) is 4.90. The van der Waals surface area contributed by atoms with Gasteiger partial charge in [0.05, 0.1) is 0 Å². The Kier molecular flexibility index (Phi) is 3.82. The van der Waals surface area contributed by atoms with Crippen LogP contribution >= 0.6 is 11.5 Å². The molecule has 1 atom stereocenters. The summed E-state index contributed by atoms with van der Waals surface area (Å²) in [4.78, 5) is 17.2. The smallest absolute Gasteiger partial charge is 0.244 e. The minimum Gasteiger partial charge on any atom is -0.349 e. The predicted octanol–water partition coefficient (Wildman–Crippen LogP) is 0.817. The summed E-state index contributed by atoms with van der Waals surface area (Å²) in [5, 5.41) is 3.67. The van der Waals surface area contributed by atoms with Crippen LogP contribution in [0.3, 0.4) is 0 Å². The van der Waals surface area contributed by atoms with Crippen LogP contribution in [-0.2, 0) is 4.79 Å². The molecule has 0 aliphatic heterocycles. The molecule has 0 bridgehead atoms. The second-order valence-electron chi connectivity index (χ2n) is 2.96. The van der Waals surface area contributed by atoms with Gasteiger partial charge in [-0.3, -0.25) is 4.79 Å². The molecule has 1 aromatic heterocycles. The van der Waals surface area contributed by atoms with Crippen LogP contribution in [-0.4, -0.2) is 39.8 Å². The Balaban J connectivity index is 2.50. The number of likely N-dealkylation sites (N-methyl/N-ethyl adjacent to an activating group) is 1. The minimum atomic E-state index is -0.257. The van der Waals surface area contributed by atoms with Crippen molar-refractivity contribution in [3.8, 4) is 0 Å². The van der Waals surface area contributed by atoms with Crippen molar-refractivity contribution < 1.29 is 4.79 Å². The third kappa shape index (κ3) is 2.66. The summed E-state index contributed by atoms with van der Waals surface area (Å²) in [6, 6.07) is -0.257. The molecule has 6 heteroatoms. The van der Waals surface area contributed by atoms with Gasteiger partial charge in [-0.25, -0.2) is 4.98 Å². The lowest BCUT2D eigenvalue weighted by Crippen LogP contribution is -2.38. The number of anilines is 1. The molecular weight excluding hydrogens is 200 g/mol. The molecule has 1 aromatic rings. The highest BCUT2D eigenvalue weighted by atomic mass is 32.1. The van der Waals surface area contributed by atoms with Crippen LogP contribution in [0.5, 0.6) is 0 Å². The molecule has 1 heterocycles. The average molecular weight is 214 g/mol. The zero-order valence-electron chi connectivity index (χ0n) is 8.52. The molecule has 0 aliphatic carbocycles. The number of nitrogens with one attached hydrogen (secondary N) is 1. The molecule has 0 spiro atoms. The topological polar surface area (TPSA) is 58.1 Å². The zero-order chi connectivity index (χ0) is 10.6. The molecule has 0 aliphatic rings. The molecule has 0 saturated carbocycles. The molecule has 1 unspecified atom stereocenters. The fraction of sp³-hybridized carbons (Fsp3) is 0.625. The third-order valence-electron chi connectivity index (χ3n) is 1.92. The summed E-state index contributed by atoms with van der Waals surface area (Å²) in [5.41, 5.74) is 0. The predicted molar refractivity (Wildman–Crippen MR) is 56.3 cm³/mol. The second-order valence-corrected chi connectivity index (χ2v) is 3.74. The van der Waals surface area contributed by atoms with E-state index < -0.39 is 0 Å². The molecule has 1 rings (SSSR count). The van der Waals surface area contributed by atoms with Crippen molar-refractivity contribution in [2.24, 2.45) is 0 Å². The monoisotopic (exact) mass is 214 g/mol. The molecule has 78 valence electrons. The maximum Gasteiger partial charge on any atom is 0.244 e. The Morgan fingerprint density at radius 3 is 3.00 bits per heavy atom. The van der Waals surface area contributed by atoms with Gasteiger partial charge in [0.2, 0.25) is 11.0 Å². The largest absolute Gasteiger partial charge is 0.349 e. The van der Waals surface area contributed by atoms with Crippen molar-refractivity contribution in [1.82, 2.24) is 14.3 Å². The Hall–Kier alpha value is -1.17. The van der Waals surface area contributed by atoms with Crippen molar-refractivity contribution in [3.63, 3.8) is 0 Å². The highest BCUT2D eigenvalue weighted by Crippen LogP contribution is 2.09. The number of carbonyl (C=O) groups excluding carboxylic acids is 1. The fourth-order valence-corrected chi connectivity index (χ4v) is 1.49. The molecule has 1 amide bonds. The van der Waals surface area contributed by atoms with E-state index in [0.717, 1.165) is 0 Å². The molecule has 5 nitrogen and oxygen atoms in total. The van der Waals surface area contributed by atoms with Crippen LogP contribution in [0.1, 0.15) is 13.8 Å². The number of aromatic nitrogens is 2. The quantitative estimate of drug-likeness (QED) is 0.806. The maximum atomic E-state index is 11.6. The van der Waals surface area contributed by atoms with Gasteiger partial charge in [-0.05, 0) is 13.8 Å². The van der Waals surface area contributed by atoms with Gasteiger partial charge in [0.25, 0.3) is 0 Å². The Labute approximate surface area is 87.3 Å². The zero-order valence-corrected chi connectivity index (χ0v) is 9.34. The lowest BCUT2D eigenvalue weighted by Gasteiger charge is -2.19. The van der Waals surface area contributed by atoms with Crippen molar-refractivity contribution in [2.45, 2.75) is 19.9 Å². The Bertz CT molecular complexity index is 288. The van der Waals surface area contributed by atoms with E-state index in [-0.39, 0.29) is 11.9 Å². The van der Waals surface area contributed by atoms with Crippen LogP contribution in [0.2, 0.25) is 0 Å². The minimum absolute atomic E-state index is 0.0581. The number of carbonyl (C=O) groups is 1. The normalized spacial score (nSPS) is 12.2. The van der Waals surface area contributed by atoms with E-state index in [2.05, 4.69) is 14.7 Å². The lowest BCUT2D eigenvalue weighted by molar-refractivity contribution is -0.130. The van der Waals surface area contributed by atoms with Gasteiger partial charge in [0, 0.05) is 25.1 Å². The highest BCUT2D eigenvalue weighted by Gasteiger charge is 2.16. The molecule has 14 heavy (non-hydrogen) atoms. The number of amides is 1. The van der Waals surface area contributed by atoms with Gasteiger partial charge < -0.3 is 10.2 Å². The van der Waals surface area contributed by atoms with Gasteiger partial charge in [-0.15, -0.1) is 0 Å². The first kappa shape index (κ1) is 10.9. The average Bonchev–Trinajstić information content (AvgIpc) is 2.68. The van der Waals surface area contributed by atoms with E-state index in [0.29, 0.717) is 11.7 Å². The summed E-state index contributed by atoms with van der Waals surface area (Å²) in [5.74, 6) is 0.0581. The summed E-state index contributed by atoms with van der Waals surface area (Å²) in [6.45, 7) is 4.46. The van der Waals surface area contributed by atoms with Crippen LogP contribution in [0.4, 0.5) is 5.13 Å². The lowest BCUT2D eigenvalue weighted by atomic mass is 10.3. The van der Waals surface area contributed by atoms with Crippen molar-refractivity contribution in [2.75, 3.05) is 18.9 Å². The SMILES string of the molecule is CCN(C)C(=O)C(C)Nc1ncns1. The Morgan fingerprint density at radius 1 is 1.79 bits per heavy atom. The van der Waals surface area contributed by atoms with Gasteiger partial charge in [0.15, 0.2) is 0 Å². The summed E-state index contributed by atoms with van der Waals surface area (Å²) < 4.78 is 3.84. The van der Waals surface area contributed by atoms with Crippen LogP contribution in [0, 0.1) is 0 Å². The first-order valence-electron chi connectivity index (χ1n) is 4.43. The van der Waals surface area contributed by atoms with Crippen molar-refractivity contribution in [1.29, 1.82) is 0 Å². The molecule has 0 aromatic carbocycles. The summed E-state index contributed by atoms with van der Waals surface area (Å²) in [7, 11) is 1.78. The Morgan fingerprint density at radius 2 is 2.50 bits per heavy atom. The van der Waals surface area contributed by atoms with Crippen molar-refractivity contribution in [3.05, 3.63) is 6.33 Å². The van der Waals surface area contributed by atoms with Crippen LogP contribution < -0.4 is 5.32 Å². The van der Waals surface area contributed by atoms with E-state index in [1.54, 1.807) is 11.9 Å². The third-order valence-corrected chi connectivity index (χ3v) is 2.52. The first-order valence-corrected chi connectivity index (χ1v) is 5.20. The van der Waals surface area contributed by atoms with Gasteiger partial charge in [-0.1, -0.05) is 0 Å². The van der Waals surface area contributed by atoms with Crippen LogP contribution in [0.15, 0.2) is 6.33 Å². The van der Waals surface area contributed by atoms with E-state index in [4.69, 9.17) is 0 Å². The number of rotatable bonds is 4. The number of hydrogen-bond acceptors (Lipinski definition) is 5. The molecule has 0 saturated heterocycles. The van der Waals surface area contributed by atoms with Gasteiger partial charge in [0.1, 0.15) is 12.4 Å². The summed E-state index contributed by atoms with van der Waals surface area (Å²) >= 11 is 1.25. The van der Waals surface area contributed by atoms with E-state index in [1.165, 1.54) is 17.9 Å². The maximum absolute atomic E-state index is 11.6. The van der Waals surface area contributed by atoms with Crippen molar-refractivity contribution >= 4 is 22.6 Å². The van der Waals surface area contributed by atoms with E-state index in [9.17, 15) is 4.79 Å². The van der Waals surface area contributed by atoms with E-state index in [1.807, 2.05) is 13.8 Å². The highest BCUT2D eigenvalue weighted by molar-refractivity contribution is 7.09. The first-order chi connectivity index (χ1) is 6.65. The molecule has 1 N–H and O–H groups in total. The summed E-state index contributed by atoms with van der Waals surface area (Å²) in [6.07, 6.45) is 1.47. The van der Waals surface area contributed by atoms with Gasteiger partial charge in [-0.2, -0.15) is 4.37 Å².